The van der Waals surface area contributed by atoms with Crippen LogP contribution in [0.25, 0.3) is 0 Å². The van der Waals surface area contributed by atoms with E-state index in [0.29, 0.717) is 12.6 Å². The molecule has 2 fully saturated rings. The van der Waals surface area contributed by atoms with Gasteiger partial charge in [0, 0.05) is 37.9 Å². The molecule has 27 heavy (non-hydrogen) atoms. The van der Waals surface area contributed by atoms with Gasteiger partial charge >= 0.3 is 5.97 Å². The first-order valence-electron chi connectivity index (χ1n) is 9.86. The van der Waals surface area contributed by atoms with Crippen LogP contribution in [0, 0.1) is 23.7 Å². The zero-order valence-corrected chi connectivity index (χ0v) is 17.8. The van der Waals surface area contributed by atoms with Gasteiger partial charge in [-0.05, 0) is 25.7 Å². The molecule has 0 unspecified atom stereocenters. The summed E-state index contributed by atoms with van der Waals surface area (Å²) in [6.07, 6.45) is 0. The highest BCUT2D eigenvalue weighted by Crippen LogP contribution is 2.27. The van der Waals surface area contributed by atoms with E-state index in [9.17, 15) is 14.4 Å². The highest BCUT2D eigenvalue weighted by molar-refractivity contribution is 6.05. The van der Waals surface area contributed by atoms with Crippen LogP contribution in [-0.4, -0.2) is 71.1 Å². The molecule has 0 aromatic heterocycles. The number of hydrogen-bond acceptors (Lipinski definition) is 6. The molecular formula is C20H36N2O5. The van der Waals surface area contributed by atoms with Gasteiger partial charge in [-0.1, -0.05) is 27.7 Å². The summed E-state index contributed by atoms with van der Waals surface area (Å²) in [6.45, 7) is 15.8. The number of likely N-dealkylation sites (tertiary alicyclic amines) is 2. The Bertz CT molecular complexity index is 508. The first kappa shape index (κ1) is 23.6. The Morgan fingerprint density at radius 1 is 1.04 bits per heavy atom. The minimum atomic E-state index is -0.410. The van der Waals surface area contributed by atoms with E-state index in [1.807, 2.05) is 0 Å². The number of hydrogen-bond donors (Lipinski definition) is 1. The smallest absolute Gasteiger partial charge is 0.302 e. The van der Waals surface area contributed by atoms with Gasteiger partial charge in [0.2, 0.25) is 11.8 Å². The van der Waals surface area contributed by atoms with Gasteiger partial charge in [0.1, 0.15) is 6.61 Å². The molecule has 0 radical (unpaired) electrons. The Morgan fingerprint density at radius 3 is 1.85 bits per heavy atom. The molecule has 2 aliphatic rings. The average Bonchev–Trinajstić information content (AvgIpc) is 3.05. The van der Waals surface area contributed by atoms with Gasteiger partial charge in [-0.3, -0.25) is 24.2 Å². The van der Waals surface area contributed by atoms with E-state index in [1.54, 1.807) is 20.8 Å². The van der Waals surface area contributed by atoms with Crippen molar-refractivity contribution in [1.29, 1.82) is 0 Å². The monoisotopic (exact) mass is 384 g/mol. The third kappa shape index (κ3) is 6.01. The third-order valence-electron chi connectivity index (χ3n) is 5.88. The van der Waals surface area contributed by atoms with Crippen LogP contribution >= 0.6 is 0 Å². The number of aliphatic hydroxyl groups excluding tert-OH is 1. The van der Waals surface area contributed by atoms with E-state index in [0.717, 1.165) is 24.9 Å². The predicted octanol–water partition coefficient (Wildman–Crippen LogP) is 1.53. The molecule has 6 atom stereocenters. The van der Waals surface area contributed by atoms with Crippen LogP contribution in [0.1, 0.15) is 48.5 Å². The molecule has 2 saturated heterocycles. The fraction of sp³-hybridized carbons (Fsp3) is 0.850. The molecule has 0 saturated carbocycles. The first-order chi connectivity index (χ1) is 12.5. The summed E-state index contributed by atoms with van der Waals surface area (Å²) in [7, 11) is 0. The minimum Gasteiger partial charge on any atom is -0.464 e. The molecule has 0 bridgehead atoms. The Balaban J connectivity index is 0.000000289. The van der Waals surface area contributed by atoms with Crippen molar-refractivity contribution in [2.24, 2.45) is 23.7 Å². The lowest BCUT2D eigenvalue weighted by Gasteiger charge is -2.22. The summed E-state index contributed by atoms with van der Waals surface area (Å²) in [4.78, 5) is 37.8. The van der Waals surface area contributed by atoms with E-state index in [2.05, 4.69) is 25.7 Å². The van der Waals surface area contributed by atoms with Crippen molar-refractivity contribution >= 4 is 17.8 Å². The number of carbonyl (C=O) groups is 3. The summed E-state index contributed by atoms with van der Waals surface area (Å²) in [5.74, 6) is 0.244. The standard InChI is InChI=1S/C11H17NO4.C9H19NO/c1-6(5-16-9(4)13)12-10(14)7(2)8(3)11(12)15;1-7-4-10(5-8(7)2)9(3)6-11/h6-8H,5H2,1-4H3;7-9,11H,4-6H2,1-3H3/t6-,7-,8+;7-,8+,9-/m00/s1. The lowest BCUT2D eigenvalue weighted by Crippen LogP contribution is -2.41. The van der Waals surface area contributed by atoms with Crippen LogP contribution in [-0.2, 0) is 19.1 Å². The van der Waals surface area contributed by atoms with Crippen molar-refractivity contribution in [2.45, 2.75) is 60.5 Å². The molecule has 2 aliphatic heterocycles. The number of nitrogens with zero attached hydrogens (tertiary/aromatic N) is 2. The average molecular weight is 385 g/mol. The summed E-state index contributed by atoms with van der Waals surface area (Å²) in [5.41, 5.74) is 0. The van der Waals surface area contributed by atoms with E-state index in [1.165, 1.54) is 11.8 Å². The Morgan fingerprint density at radius 2 is 1.48 bits per heavy atom. The van der Waals surface area contributed by atoms with Crippen molar-refractivity contribution in [1.82, 2.24) is 9.80 Å². The van der Waals surface area contributed by atoms with Gasteiger partial charge < -0.3 is 9.84 Å². The van der Waals surface area contributed by atoms with Crippen molar-refractivity contribution in [2.75, 3.05) is 26.3 Å². The number of aliphatic hydroxyl groups is 1. The van der Waals surface area contributed by atoms with Gasteiger partial charge in [0.15, 0.2) is 0 Å². The molecule has 2 amide bonds. The van der Waals surface area contributed by atoms with Crippen LogP contribution in [0.15, 0.2) is 0 Å². The normalized spacial score (nSPS) is 30.7. The fourth-order valence-corrected chi connectivity index (χ4v) is 3.37. The van der Waals surface area contributed by atoms with Crippen molar-refractivity contribution in [3.05, 3.63) is 0 Å². The summed E-state index contributed by atoms with van der Waals surface area (Å²) in [6, 6.07) is -0.0429. The lowest BCUT2D eigenvalue weighted by molar-refractivity contribution is -0.150. The van der Waals surface area contributed by atoms with Crippen LogP contribution in [0.4, 0.5) is 0 Å². The summed E-state index contributed by atoms with van der Waals surface area (Å²) >= 11 is 0. The number of imide groups is 1. The van der Waals surface area contributed by atoms with Gasteiger partial charge in [-0.15, -0.1) is 0 Å². The van der Waals surface area contributed by atoms with Crippen molar-refractivity contribution in [3.63, 3.8) is 0 Å². The number of amides is 2. The van der Waals surface area contributed by atoms with Crippen molar-refractivity contribution in [3.8, 4) is 0 Å². The second-order valence-corrected chi connectivity index (χ2v) is 8.22. The zero-order chi connectivity index (χ0) is 20.9. The van der Waals surface area contributed by atoms with Crippen LogP contribution in [0.2, 0.25) is 0 Å². The fourth-order valence-electron chi connectivity index (χ4n) is 3.37. The maximum Gasteiger partial charge on any atom is 0.302 e. The predicted molar refractivity (Wildman–Crippen MR) is 103 cm³/mol. The third-order valence-corrected chi connectivity index (χ3v) is 5.88. The van der Waals surface area contributed by atoms with Crippen molar-refractivity contribution < 1.29 is 24.2 Å². The molecule has 2 rings (SSSR count). The van der Waals surface area contributed by atoms with E-state index in [-0.39, 0.29) is 30.3 Å². The molecule has 0 spiro atoms. The van der Waals surface area contributed by atoms with E-state index >= 15 is 0 Å². The van der Waals surface area contributed by atoms with Gasteiger partial charge in [-0.2, -0.15) is 0 Å². The number of carbonyl (C=O) groups excluding carboxylic acids is 3. The SMILES string of the molecule is CC(=O)OC[C@H](C)N1C(=O)[C@@H](C)[C@@H](C)C1=O.C[C@@H]1CN([C@@H](C)CO)C[C@@H]1C. The molecule has 0 aliphatic carbocycles. The minimum absolute atomic E-state index is 0.0618. The van der Waals surface area contributed by atoms with Gasteiger partial charge in [0.05, 0.1) is 12.6 Å². The zero-order valence-electron chi connectivity index (χ0n) is 17.8. The highest BCUT2D eigenvalue weighted by Gasteiger charge is 2.44. The molecule has 0 aromatic rings. The number of esters is 1. The topological polar surface area (TPSA) is 87.2 Å². The number of rotatable bonds is 5. The molecule has 0 aromatic carbocycles. The Hall–Kier alpha value is -1.47. The Kier molecular flexibility index (Phi) is 8.88. The highest BCUT2D eigenvalue weighted by atomic mass is 16.5. The van der Waals surface area contributed by atoms with Gasteiger partial charge in [0.25, 0.3) is 0 Å². The maximum atomic E-state index is 11.8. The van der Waals surface area contributed by atoms with E-state index < -0.39 is 12.0 Å². The number of ether oxygens (including phenoxy) is 1. The molecule has 156 valence electrons. The van der Waals surface area contributed by atoms with Crippen LogP contribution < -0.4 is 0 Å². The molecule has 2 heterocycles. The largest absolute Gasteiger partial charge is 0.464 e. The van der Waals surface area contributed by atoms with Gasteiger partial charge in [-0.25, -0.2) is 0 Å². The molecular weight excluding hydrogens is 348 g/mol. The lowest BCUT2D eigenvalue weighted by atomic mass is 10.00. The first-order valence-corrected chi connectivity index (χ1v) is 9.86. The maximum absolute atomic E-state index is 11.8. The molecule has 7 heteroatoms. The second-order valence-electron chi connectivity index (χ2n) is 8.22. The van der Waals surface area contributed by atoms with Crippen LogP contribution in [0.5, 0.6) is 0 Å². The molecule has 1 N–H and O–H groups in total. The Labute approximate surface area is 163 Å². The summed E-state index contributed by atoms with van der Waals surface area (Å²) < 4.78 is 4.80. The van der Waals surface area contributed by atoms with E-state index in [4.69, 9.17) is 9.84 Å². The van der Waals surface area contributed by atoms with Crippen LogP contribution in [0.3, 0.4) is 0 Å². The quantitative estimate of drug-likeness (QED) is 0.571. The molecule has 7 nitrogen and oxygen atoms in total. The summed E-state index contributed by atoms with van der Waals surface area (Å²) in [5, 5.41) is 8.93. The second kappa shape index (κ2) is 10.2.